The first kappa shape index (κ1) is 10.8. The number of hydrogen-bond donors (Lipinski definition) is 3. The molecule has 0 aromatic heterocycles. The third-order valence-corrected chi connectivity index (χ3v) is 2.40. The fraction of sp³-hybridized carbons (Fsp3) is 0.778. The van der Waals surface area contributed by atoms with Gasteiger partial charge >= 0.3 is 12.0 Å². The van der Waals surface area contributed by atoms with Gasteiger partial charge in [-0.2, -0.15) is 0 Å². The molecule has 0 bridgehead atoms. The summed E-state index contributed by atoms with van der Waals surface area (Å²) < 4.78 is 0. The SMILES string of the molecule is CC1(CNC(=O)NCCC(=O)O)CC1. The Kier molecular flexibility index (Phi) is 3.33. The van der Waals surface area contributed by atoms with E-state index in [1.165, 1.54) is 0 Å². The second kappa shape index (κ2) is 4.30. The zero-order valence-corrected chi connectivity index (χ0v) is 8.30. The highest BCUT2D eigenvalue weighted by molar-refractivity contribution is 5.75. The zero-order valence-electron chi connectivity index (χ0n) is 8.30. The van der Waals surface area contributed by atoms with E-state index in [0.29, 0.717) is 6.54 Å². The molecule has 80 valence electrons. The van der Waals surface area contributed by atoms with Gasteiger partial charge in [-0.15, -0.1) is 0 Å². The van der Waals surface area contributed by atoms with Crippen LogP contribution in [0.4, 0.5) is 4.79 Å². The molecular formula is C9H16N2O3. The van der Waals surface area contributed by atoms with E-state index in [-0.39, 0.29) is 24.4 Å². The monoisotopic (exact) mass is 200 g/mol. The molecule has 0 spiro atoms. The molecular weight excluding hydrogens is 184 g/mol. The van der Waals surface area contributed by atoms with Gasteiger partial charge in [0.15, 0.2) is 0 Å². The molecule has 0 heterocycles. The first-order valence-electron chi connectivity index (χ1n) is 4.75. The van der Waals surface area contributed by atoms with Crippen molar-refractivity contribution in [2.75, 3.05) is 13.1 Å². The third-order valence-electron chi connectivity index (χ3n) is 2.40. The van der Waals surface area contributed by atoms with Crippen LogP contribution in [0.2, 0.25) is 0 Å². The second-order valence-corrected chi connectivity index (χ2v) is 4.06. The normalized spacial score (nSPS) is 17.2. The van der Waals surface area contributed by atoms with Gasteiger partial charge in [0, 0.05) is 13.1 Å². The lowest BCUT2D eigenvalue weighted by atomic mass is 10.1. The van der Waals surface area contributed by atoms with Crippen LogP contribution < -0.4 is 10.6 Å². The summed E-state index contributed by atoms with van der Waals surface area (Å²) >= 11 is 0. The minimum absolute atomic E-state index is 0.0370. The average Bonchev–Trinajstić information content (AvgIpc) is 2.81. The van der Waals surface area contributed by atoms with Crippen molar-refractivity contribution in [3.63, 3.8) is 0 Å². The summed E-state index contributed by atoms with van der Waals surface area (Å²) in [7, 11) is 0. The highest BCUT2D eigenvalue weighted by Gasteiger charge is 2.37. The Morgan fingerprint density at radius 2 is 2.00 bits per heavy atom. The van der Waals surface area contributed by atoms with Crippen LogP contribution in [0, 0.1) is 5.41 Å². The molecule has 0 aromatic rings. The molecule has 2 amide bonds. The summed E-state index contributed by atoms with van der Waals surface area (Å²) in [5.41, 5.74) is 0.282. The second-order valence-electron chi connectivity index (χ2n) is 4.06. The maximum Gasteiger partial charge on any atom is 0.314 e. The minimum Gasteiger partial charge on any atom is -0.481 e. The number of carbonyl (C=O) groups excluding carboxylic acids is 1. The standard InChI is InChI=1S/C9H16N2O3/c1-9(3-4-9)6-11-8(14)10-5-2-7(12)13/h2-6H2,1H3,(H,12,13)(H2,10,11,14). The number of carbonyl (C=O) groups is 2. The first-order valence-corrected chi connectivity index (χ1v) is 4.75. The first-order chi connectivity index (χ1) is 6.52. The van der Waals surface area contributed by atoms with Crippen LogP contribution in [-0.2, 0) is 4.79 Å². The molecule has 0 unspecified atom stereocenters. The molecule has 1 fully saturated rings. The predicted octanol–water partition coefficient (Wildman–Crippen LogP) is 0.560. The summed E-state index contributed by atoms with van der Waals surface area (Å²) in [5.74, 6) is -0.903. The van der Waals surface area contributed by atoms with Crippen molar-refractivity contribution in [1.82, 2.24) is 10.6 Å². The minimum atomic E-state index is -0.903. The summed E-state index contributed by atoms with van der Waals surface area (Å²) in [5, 5.41) is 13.5. The van der Waals surface area contributed by atoms with E-state index >= 15 is 0 Å². The van der Waals surface area contributed by atoms with Gasteiger partial charge in [0.25, 0.3) is 0 Å². The Labute approximate surface area is 82.9 Å². The Balaban J connectivity index is 2.01. The summed E-state index contributed by atoms with van der Waals surface area (Å²) in [6.45, 7) is 2.97. The van der Waals surface area contributed by atoms with Gasteiger partial charge in [-0.1, -0.05) is 6.92 Å². The molecule has 1 aliphatic carbocycles. The smallest absolute Gasteiger partial charge is 0.314 e. The molecule has 0 radical (unpaired) electrons. The zero-order chi connectivity index (χ0) is 10.6. The van der Waals surface area contributed by atoms with Crippen LogP contribution in [0.1, 0.15) is 26.2 Å². The lowest BCUT2D eigenvalue weighted by Gasteiger charge is -2.10. The average molecular weight is 200 g/mol. The fourth-order valence-electron chi connectivity index (χ4n) is 1.03. The van der Waals surface area contributed by atoms with Gasteiger partial charge in [-0.3, -0.25) is 4.79 Å². The molecule has 0 saturated heterocycles. The summed E-state index contributed by atoms with van der Waals surface area (Å²) in [6, 6.07) is -0.278. The van der Waals surface area contributed by atoms with E-state index in [4.69, 9.17) is 5.11 Å². The quantitative estimate of drug-likeness (QED) is 0.606. The van der Waals surface area contributed by atoms with Crippen molar-refractivity contribution in [2.45, 2.75) is 26.2 Å². The van der Waals surface area contributed by atoms with E-state index in [1.54, 1.807) is 0 Å². The van der Waals surface area contributed by atoms with E-state index in [0.717, 1.165) is 12.8 Å². The molecule has 14 heavy (non-hydrogen) atoms. The van der Waals surface area contributed by atoms with Crippen LogP contribution >= 0.6 is 0 Å². The lowest BCUT2D eigenvalue weighted by Crippen LogP contribution is -2.39. The number of hydrogen-bond acceptors (Lipinski definition) is 2. The molecule has 0 atom stereocenters. The van der Waals surface area contributed by atoms with Crippen LogP contribution in [-0.4, -0.2) is 30.2 Å². The highest BCUT2D eigenvalue weighted by Crippen LogP contribution is 2.43. The van der Waals surface area contributed by atoms with Crippen molar-refractivity contribution >= 4 is 12.0 Å². The number of nitrogens with one attached hydrogen (secondary N) is 2. The van der Waals surface area contributed by atoms with Gasteiger partial charge in [0.2, 0.25) is 0 Å². The van der Waals surface area contributed by atoms with Crippen molar-refractivity contribution in [2.24, 2.45) is 5.41 Å². The van der Waals surface area contributed by atoms with Crippen LogP contribution in [0.5, 0.6) is 0 Å². The third kappa shape index (κ3) is 4.11. The van der Waals surface area contributed by atoms with Crippen molar-refractivity contribution in [3.8, 4) is 0 Å². The molecule has 0 aromatic carbocycles. The molecule has 1 rings (SSSR count). The van der Waals surface area contributed by atoms with Crippen molar-refractivity contribution in [3.05, 3.63) is 0 Å². The molecule has 5 heteroatoms. The Bertz CT molecular complexity index is 236. The molecule has 1 aliphatic rings. The van der Waals surface area contributed by atoms with Crippen molar-refractivity contribution < 1.29 is 14.7 Å². The van der Waals surface area contributed by atoms with Crippen LogP contribution in [0.3, 0.4) is 0 Å². The van der Waals surface area contributed by atoms with E-state index in [1.807, 2.05) is 0 Å². The fourth-order valence-corrected chi connectivity index (χ4v) is 1.03. The molecule has 5 nitrogen and oxygen atoms in total. The van der Waals surface area contributed by atoms with Gasteiger partial charge < -0.3 is 15.7 Å². The lowest BCUT2D eigenvalue weighted by molar-refractivity contribution is -0.136. The maximum absolute atomic E-state index is 11.1. The molecule has 0 aliphatic heterocycles. The van der Waals surface area contributed by atoms with Gasteiger partial charge in [0.1, 0.15) is 0 Å². The van der Waals surface area contributed by atoms with E-state index in [2.05, 4.69) is 17.6 Å². The van der Waals surface area contributed by atoms with E-state index in [9.17, 15) is 9.59 Å². The molecule has 1 saturated carbocycles. The maximum atomic E-state index is 11.1. The summed E-state index contributed by atoms with van der Waals surface area (Å²) in [6.07, 6.45) is 2.27. The number of carboxylic acids is 1. The highest BCUT2D eigenvalue weighted by atomic mass is 16.4. The molecule has 3 N–H and O–H groups in total. The Hall–Kier alpha value is -1.26. The Morgan fingerprint density at radius 3 is 2.50 bits per heavy atom. The number of amides is 2. The van der Waals surface area contributed by atoms with E-state index < -0.39 is 5.97 Å². The number of urea groups is 1. The number of rotatable bonds is 5. The topological polar surface area (TPSA) is 78.4 Å². The van der Waals surface area contributed by atoms with Crippen molar-refractivity contribution in [1.29, 1.82) is 0 Å². The van der Waals surface area contributed by atoms with Gasteiger partial charge in [-0.05, 0) is 18.3 Å². The summed E-state index contributed by atoms with van der Waals surface area (Å²) in [4.78, 5) is 21.2. The number of carboxylic acid groups (broad SMARTS) is 1. The van der Waals surface area contributed by atoms with Crippen LogP contribution in [0.15, 0.2) is 0 Å². The van der Waals surface area contributed by atoms with Gasteiger partial charge in [0.05, 0.1) is 6.42 Å². The largest absolute Gasteiger partial charge is 0.481 e. The van der Waals surface area contributed by atoms with Crippen LogP contribution in [0.25, 0.3) is 0 Å². The predicted molar refractivity (Wildman–Crippen MR) is 51.0 cm³/mol. The number of aliphatic carboxylic acids is 1. The van der Waals surface area contributed by atoms with Gasteiger partial charge in [-0.25, -0.2) is 4.79 Å². The Morgan fingerprint density at radius 1 is 1.36 bits per heavy atom.